The van der Waals surface area contributed by atoms with Crippen molar-refractivity contribution in [1.82, 2.24) is 10.0 Å². The summed E-state index contributed by atoms with van der Waals surface area (Å²) in [6.07, 6.45) is 5.12. The first kappa shape index (κ1) is 23.2. The summed E-state index contributed by atoms with van der Waals surface area (Å²) in [6, 6.07) is 4.64. The van der Waals surface area contributed by atoms with Gasteiger partial charge in [-0.05, 0) is 50.5 Å². The number of amides is 1. The number of ether oxygens (including phenoxy) is 1. The van der Waals surface area contributed by atoms with Crippen LogP contribution in [0.2, 0.25) is 0 Å². The number of rotatable bonds is 9. The number of aromatic hydroxyl groups is 1. The number of phenolic OH excluding ortho intramolecular Hbond substituents is 1. The zero-order valence-corrected chi connectivity index (χ0v) is 17.8. The third-order valence-electron chi connectivity index (χ3n) is 5.00. The second-order valence-corrected chi connectivity index (χ2v) is 7.43. The number of phenols is 1. The minimum absolute atomic E-state index is 0.0853. The lowest BCUT2D eigenvalue weighted by Crippen LogP contribution is -2.38. The molecule has 1 aliphatic rings. The van der Waals surface area contributed by atoms with E-state index in [0.29, 0.717) is 41.4 Å². The van der Waals surface area contributed by atoms with E-state index in [-0.39, 0.29) is 30.5 Å². The van der Waals surface area contributed by atoms with E-state index in [4.69, 9.17) is 10.1 Å². The Hall–Kier alpha value is -3.09. The molecule has 0 unspecified atom stereocenters. The van der Waals surface area contributed by atoms with Crippen LogP contribution in [0.3, 0.4) is 0 Å². The quantitative estimate of drug-likeness (QED) is 0.360. The molecule has 7 heteroatoms. The lowest BCUT2D eigenvalue weighted by Gasteiger charge is -2.33. The Balaban J connectivity index is 2.42. The molecule has 30 heavy (non-hydrogen) atoms. The van der Waals surface area contributed by atoms with E-state index in [9.17, 15) is 14.4 Å². The molecular weight excluding hydrogens is 385 g/mol. The molecule has 0 bridgehead atoms. The van der Waals surface area contributed by atoms with Crippen molar-refractivity contribution in [2.45, 2.75) is 39.7 Å². The van der Waals surface area contributed by atoms with Crippen molar-refractivity contribution in [2.75, 3.05) is 19.7 Å². The second kappa shape index (κ2) is 10.6. The van der Waals surface area contributed by atoms with Gasteiger partial charge in [0.2, 0.25) is 5.91 Å². The highest BCUT2D eigenvalue weighted by Crippen LogP contribution is 2.31. The van der Waals surface area contributed by atoms with Gasteiger partial charge in [0.25, 0.3) is 0 Å². The van der Waals surface area contributed by atoms with Gasteiger partial charge in [-0.1, -0.05) is 16.6 Å². The smallest absolute Gasteiger partial charge is 0.219 e. The lowest BCUT2D eigenvalue weighted by atomic mass is 9.96. The van der Waals surface area contributed by atoms with Gasteiger partial charge in [-0.2, -0.15) is 0 Å². The molecule has 0 saturated carbocycles. The number of halogens is 1. The van der Waals surface area contributed by atoms with E-state index in [1.807, 2.05) is 0 Å². The topological polar surface area (TPSA) is 76.9 Å². The molecule has 1 aromatic rings. The Morgan fingerprint density at radius 1 is 1.47 bits per heavy atom. The molecule has 0 fully saturated rings. The van der Waals surface area contributed by atoms with Gasteiger partial charge < -0.3 is 20.2 Å². The molecule has 0 atom stereocenters. The number of carbonyl (C=O) groups is 1. The van der Waals surface area contributed by atoms with Gasteiger partial charge in [-0.3, -0.25) is 4.79 Å². The fourth-order valence-electron chi connectivity index (χ4n) is 3.35. The number of allylic oxidation sites excluding steroid dienone is 2. The molecule has 2 N–H and O–H groups in total. The zero-order chi connectivity index (χ0) is 22.3. The van der Waals surface area contributed by atoms with Crippen LogP contribution in [-0.4, -0.2) is 53.0 Å². The van der Waals surface area contributed by atoms with Crippen LogP contribution in [0.5, 0.6) is 11.5 Å². The highest BCUT2D eigenvalue weighted by Gasteiger charge is 2.27. The highest BCUT2D eigenvalue weighted by atomic mass is 19.2. The molecule has 1 amide bonds. The summed E-state index contributed by atoms with van der Waals surface area (Å²) >= 11 is 0. The van der Waals surface area contributed by atoms with Crippen LogP contribution in [0.1, 0.15) is 32.8 Å². The molecule has 0 radical (unpaired) electrons. The summed E-state index contributed by atoms with van der Waals surface area (Å²) in [6.45, 7) is 9.60. The molecule has 0 saturated heterocycles. The van der Waals surface area contributed by atoms with Gasteiger partial charge in [-0.25, -0.2) is 5.12 Å². The summed E-state index contributed by atoms with van der Waals surface area (Å²) in [4.78, 5) is 13.6. The normalized spacial score (nSPS) is 14.7. The minimum atomic E-state index is -0.427. The molecule has 0 spiro atoms. The second-order valence-electron chi connectivity index (χ2n) is 7.43. The molecule has 1 aromatic carbocycles. The summed E-state index contributed by atoms with van der Waals surface area (Å²) < 4.78 is 20.9. The zero-order valence-electron chi connectivity index (χ0n) is 17.8. The van der Waals surface area contributed by atoms with E-state index in [2.05, 4.69) is 6.58 Å². The number of nitrogens with one attached hydrogen (secondary N) is 1. The standard InChI is InChI=1S/C23H30FN3O3/c1-5-7-19-22(29)8-6-9-23(19)30-15-18-11-13-26(17(4)28)14-20(18)21(10-12-25)27(24)16(2)3/h5-6,8-10,12,16,25,29H,1,7,11,13-15H2,2-4H3/b21-10-,25-12?. The predicted octanol–water partition coefficient (Wildman–Crippen LogP) is 4.18. The highest BCUT2D eigenvalue weighted by molar-refractivity contribution is 5.75. The summed E-state index contributed by atoms with van der Waals surface area (Å²) in [7, 11) is 0. The van der Waals surface area contributed by atoms with Gasteiger partial charge in [0.15, 0.2) is 0 Å². The van der Waals surface area contributed by atoms with Gasteiger partial charge in [0.1, 0.15) is 18.1 Å². The molecular formula is C23H30FN3O3. The first-order chi connectivity index (χ1) is 14.3. The predicted molar refractivity (Wildman–Crippen MR) is 116 cm³/mol. The Labute approximate surface area is 177 Å². The molecule has 1 aliphatic heterocycles. The molecule has 0 aliphatic carbocycles. The Kier molecular flexibility index (Phi) is 8.21. The van der Waals surface area contributed by atoms with Crippen LogP contribution in [0.4, 0.5) is 4.48 Å². The van der Waals surface area contributed by atoms with Gasteiger partial charge in [-0.15, -0.1) is 6.58 Å². The summed E-state index contributed by atoms with van der Waals surface area (Å²) in [5.74, 6) is 0.583. The van der Waals surface area contributed by atoms with Gasteiger partial charge in [0, 0.05) is 37.4 Å². The lowest BCUT2D eigenvalue weighted by molar-refractivity contribution is -0.128. The molecule has 6 nitrogen and oxygen atoms in total. The van der Waals surface area contributed by atoms with E-state index >= 15 is 0 Å². The Bertz CT molecular complexity index is 861. The van der Waals surface area contributed by atoms with E-state index in [1.165, 1.54) is 13.0 Å². The molecule has 1 heterocycles. The van der Waals surface area contributed by atoms with Crippen molar-refractivity contribution < 1.29 is 19.1 Å². The van der Waals surface area contributed by atoms with E-state index in [1.54, 1.807) is 43.0 Å². The molecule has 162 valence electrons. The first-order valence-electron chi connectivity index (χ1n) is 9.97. The third-order valence-corrected chi connectivity index (χ3v) is 5.00. The average molecular weight is 416 g/mol. The first-order valence-corrected chi connectivity index (χ1v) is 9.97. The fraction of sp³-hybridized carbons (Fsp3) is 0.391. The average Bonchev–Trinajstić information content (AvgIpc) is 2.72. The molecule has 2 rings (SSSR count). The fourth-order valence-corrected chi connectivity index (χ4v) is 3.35. The van der Waals surface area contributed by atoms with Crippen molar-refractivity contribution in [1.29, 1.82) is 5.41 Å². The van der Waals surface area contributed by atoms with Crippen LogP contribution in [-0.2, 0) is 11.2 Å². The monoisotopic (exact) mass is 415 g/mol. The maximum Gasteiger partial charge on any atom is 0.219 e. The van der Waals surface area contributed by atoms with Crippen molar-refractivity contribution in [2.24, 2.45) is 0 Å². The number of benzene rings is 1. The van der Waals surface area contributed by atoms with Crippen LogP contribution in [0.15, 0.2) is 53.8 Å². The number of hydrogen-bond acceptors (Lipinski definition) is 5. The van der Waals surface area contributed by atoms with Crippen LogP contribution < -0.4 is 4.74 Å². The number of carbonyl (C=O) groups excluding carboxylic acids is 1. The maximum absolute atomic E-state index is 14.9. The summed E-state index contributed by atoms with van der Waals surface area (Å²) in [5.41, 5.74) is 2.39. The third kappa shape index (κ3) is 5.49. The van der Waals surface area contributed by atoms with Crippen molar-refractivity contribution in [3.05, 3.63) is 59.3 Å². The van der Waals surface area contributed by atoms with Crippen LogP contribution in [0.25, 0.3) is 0 Å². The Morgan fingerprint density at radius 3 is 2.80 bits per heavy atom. The molecule has 0 aromatic heterocycles. The van der Waals surface area contributed by atoms with Crippen LogP contribution in [0, 0.1) is 5.41 Å². The van der Waals surface area contributed by atoms with Crippen molar-refractivity contribution >= 4 is 12.1 Å². The largest absolute Gasteiger partial charge is 0.508 e. The van der Waals surface area contributed by atoms with E-state index in [0.717, 1.165) is 11.8 Å². The SMILES string of the molecule is C=CCc1c(O)cccc1OCC1=C(/C(=C/C=N)N(F)C(C)C)CN(C(C)=O)CC1. The maximum atomic E-state index is 14.9. The van der Waals surface area contributed by atoms with Crippen molar-refractivity contribution in [3.8, 4) is 11.5 Å². The Morgan fingerprint density at radius 2 is 2.20 bits per heavy atom. The van der Waals surface area contributed by atoms with E-state index < -0.39 is 6.04 Å². The minimum Gasteiger partial charge on any atom is -0.508 e. The summed E-state index contributed by atoms with van der Waals surface area (Å²) in [5, 5.41) is 18.2. The van der Waals surface area contributed by atoms with Crippen molar-refractivity contribution in [3.63, 3.8) is 0 Å². The number of hydrogen-bond donors (Lipinski definition) is 2. The van der Waals surface area contributed by atoms with Crippen LogP contribution >= 0.6 is 0 Å². The van der Waals surface area contributed by atoms with Gasteiger partial charge in [0.05, 0.1) is 11.7 Å². The van der Waals surface area contributed by atoms with Gasteiger partial charge >= 0.3 is 0 Å². The number of nitrogens with zero attached hydrogens (tertiary/aromatic N) is 2.